The van der Waals surface area contributed by atoms with Gasteiger partial charge in [-0.05, 0) is 51.7 Å². The Bertz CT molecular complexity index is 694. The number of guanidine groups is 1. The van der Waals surface area contributed by atoms with Crippen LogP contribution >= 0.6 is 0 Å². The van der Waals surface area contributed by atoms with Gasteiger partial charge in [-0.25, -0.2) is 4.79 Å². The molecule has 1 fully saturated rings. The van der Waals surface area contributed by atoms with Gasteiger partial charge in [-0.2, -0.15) is 0 Å². The summed E-state index contributed by atoms with van der Waals surface area (Å²) >= 11 is 0. The summed E-state index contributed by atoms with van der Waals surface area (Å²) in [6.07, 6.45) is 3.56. The third-order valence-corrected chi connectivity index (χ3v) is 5.26. The van der Waals surface area contributed by atoms with Gasteiger partial charge in [-0.1, -0.05) is 19.9 Å². The number of amides is 1. The number of alkyl carbamates (subject to hydrolysis) is 1. The minimum atomic E-state index is -0.512. The largest absolute Gasteiger partial charge is 0.444 e. The minimum Gasteiger partial charge on any atom is -0.444 e. The van der Waals surface area contributed by atoms with Gasteiger partial charge in [0.1, 0.15) is 5.60 Å². The van der Waals surface area contributed by atoms with Crippen molar-refractivity contribution in [3.8, 4) is 0 Å². The van der Waals surface area contributed by atoms with E-state index in [0.717, 1.165) is 44.1 Å². The van der Waals surface area contributed by atoms with Crippen molar-refractivity contribution in [1.29, 1.82) is 0 Å². The van der Waals surface area contributed by atoms with Crippen LogP contribution in [0.1, 0.15) is 53.2 Å². The number of likely N-dealkylation sites (tertiary alicyclic amines) is 1. The summed E-state index contributed by atoms with van der Waals surface area (Å²) in [4.78, 5) is 23.4. The molecule has 0 bridgehead atoms. The number of hydrogen-bond acceptors (Lipinski definition) is 5. The second kappa shape index (κ2) is 11.9. The van der Waals surface area contributed by atoms with E-state index < -0.39 is 11.7 Å². The van der Waals surface area contributed by atoms with Crippen LogP contribution in [0.5, 0.6) is 0 Å². The van der Waals surface area contributed by atoms with E-state index in [2.05, 4.69) is 50.7 Å². The Morgan fingerprint density at radius 3 is 2.55 bits per heavy atom. The van der Waals surface area contributed by atoms with Crippen LogP contribution < -0.4 is 16.0 Å². The third-order valence-electron chi connectivity index (χ3n) is 5.26. The van der Waals surface area contributed by atoms with Crippen LogP contribution in [0.25, 0.3) is 0 Å². The molecule has 1 aromatic heterocycles. The molecule has 8 heteroatoms. The molecule has 1 unspecified atom stereocenters. The van der Waals surface area contributed by atoms with Crippen molar-refractivity contribution in [2.45, 2.75) is 71.7 Å². The zero-order valence-electron chi connectivity index (χ0n) is 19.9. The number of aliphatic imine (C=N–C) groups is 1. The van der Waals surface area contributed by atoms with E-state index in [0.29, 0.717) is 12.6 Å². The Morgan fingerprint density at radius 1 is 1.29 bits per heavy atom. The molecule has 2 heterocycles. The summed E-state index contributed by atoms with van der Waals surface area (Å²) in [6, 6.07) is 6.38. The number of aromatic nitrogens is 1. The van der Waals surface area contributed by atoms with E-state index in [1.807, 2.05) is 39.1 Å². The number of pyridine rings is 1. The van der Waals surface area contributed by atoms with Crippen molar-refractivity contribution in [3.05, 3.63) is 30.1 Å². The van der Waals surface area contributed by atoms with E-state index >= 15 is 0 Å². The monoisotopic (exact) mass is 432 g/mol. The van der Waals surface area contributed by atoms with Gasteiger partial charge in [0.05, 0.1) is 11.7 Å². The first-order valence-corrected chi connectivity index (χ1v) is 11.2. The molecule has 31 heavy (non-hydrogen) atoms. The molecule has 1 aromatic rings. The Kier molecular flexibility index (Phi) is 9.55. The van der Waals surface area contributed by atoms with Crippen LogP contribution in [0.15, 0.2) is 29.4 Å². The van der Waals surface area contributed by atoms with Crippen LogP contribution in [0.4, 0.5) is 4.79 Å². The lowest BCUT2D eigenvalue weighted by atomic mass is 10.0. The topological polar surface area (TPSA) is 90.9 Å². The molecule has 2 rings (SSSR count). The smallest absolute Gasteiger partial charge is 0.407 e. The predicted molar refractivity (Wildman–Crippen MR) is 125 cm³/mol. The molecule has 1 atom stereocenters. The lowest BCUT2D eigenvalue weighted by Gasteiger charge is -2.33. The van der Waals surface area contributed by atoms with Crippen LogP contribution in [0.2, 0.25) is 0 Å². The predicted octanol–water partition coefficient (Wildman–Crippen LogP) is 2.76. The summed E-state index contributed by atoms with van der Waals surface area (Å²) < 4.78 is 5.39. The normalized spacial score (nSPS) is 17.3. The molecule has 0 radical (unpaired) electrons. The highest BCUT2D eigenvalue weighted by Gasteiger charge is 2.23. The molecule has 0 saturated carbocycles. The van der Waals surface area contributed by atoms with E-state index in [1.54, 1.807) is 7.05 Å². The van der Waals surface area contributed by atoms with Gasteiger partial charge in [0.15, 0.2) is 5.96 Å². The van der Waals surface area contributed by atoms with E-state index in [1.165, 1.54) is 0 Å². The molecule has 1 aliphatic heterocycles. The van der Waals surface area contributed by atoms with Crippen LogP contribution in [-0.4, -0.2) is 66.3 Å². The van der Waals surface area contributed by atoms with Crippen molar-refractivity contribution in [3.63, 3.8) is 0 Å². The van der Waals surface area contributed by atoms with Crippen molar-refractivity contribution < 1.29 is 9.53 Å². The highest BCUT2D eigenvalue weighted by Crippen LogP contribution is 2.13. The summed E-state index contributed by atoms with van der Waals surface area (Å²) in [5.74, 6) is 1.02. The molecule has 3 N–H and O–H groups in total. The molecule has 0 aromatic carbocycles. The molecule has 1 amide bonds. The Balaban J connectivity index is 1.76. The van der Waals surface area contributed by atoms with E-state index in [9.17, 15) is 4.79 Å². The molecule has 0 aliphatic carbocycles. The minimum absolute atomic E-state index is 0.0615. The number of ether oxygens (including phenoxy) is 1. The second-order valence-electron chi connectivity index (χ2n) is 9.47. The van der Waals surface area contributed by atoms with Gasteiger partial charge < -0.3 is 20.7 Å². The lowest BCUT2D eigenvalue weighted by molar-refractivity contribution is 0.0491. The van der Waals surface area contributed by atoms with Gasteiger partial charge >= 0.3 is 6.09 Å². The van der Waals surface area contributed by atoms with Crippen LogP contribution in [0.3, 0.4) is 0 Å². The number of hydrogen-bond donors (Lipinski definition) is 3. The average Bonchev–Trinajstić information content (AvgIpc) is 2.70. The third kappa shape index (κ3) is 9.55. The fourth-order valence-corrected chi connectivity index (χ4v) is 3.46. The zero-order valence-corrected chi connectivity index (χ0v) is 19.9. The summed E-state index contributed by atoms with van der Waals surface area (Å²) in [6.45, 7) is 13.3. The Hall–Kier alpha value is -2.35. The highest BCUT2D eigenvalue weighted by molar-refractivity contribution is 5.80. The molecular weight excluding hydrogens is 392 g/mol. The molecular formula is C23H40N6O2. The maximum atomic E-state index is 12.2. The first kappa shape index (κ1) is 24.9. The van der Waals surface area contributed by atoms with Crippen molar-refractivity contribution in [1.82, 2.24) is 25.8 Å². The standard InChI is InChI=1S/C23H40N6O2/c1-17(2)20(28-22(30)31-23(3,4)5)15-26-21(24-6)27-18-10-13-29(14-11-18)16-19-9-7-8-12-25-19/h7-9,12,17-18,20H,10-11,13-16H2,1-6H3,(H,28,30)(H2,24,26,27). The number of nitrogens with one attached hydrogen (secondary N) is 3. The van der Waals surface area contributed by atoms with Gasteiger partial charge in [0.25, 0.3) is 0 Å². The molecule has 174 valence electrons. The molecule has 1 aliphatic rings. The maximum Gasteiger partial charge on any atom is 0.407 e. The zero-order chi connectivity index (χ0) is 22.9. The maximum absolute atomic E-state index is 12.2. The fourth-order valence-electron chi connectivity index (χ4n) is 3.46. The SMILES string of the molecule is CN=C(NCC(NC(=O)OC(C)(C)C)C(C)C)NC1CCN(Cc2ccccn2)CC1. The number of piperidine rings is 1. The molecule has 8 nitrogen and oxygen atoms in total. The lowest BCUT2D eigenvalue weighted by Crippen LogP contribution is -2.53. The van der Waals surface area contributed by atoms with Gasteiger partial charge in [0.2, 0.25) is 0 Å². The van der Waals surface area contributed by atoms with Gasteiger partial charge in [-0.3, -0.25) is 14.9 Å². The van der Waals surface area contributed by atoms with Gasteiger partial charge in [0, 0.05) is 45.5 Å². The average molecular weight is 433 g/mol. The van der Waals surface area contributed by atoms with E-state index in [-0.39, 0.29) is 12.0 Å². The van der Waals surface area contributed by atoms with Crippen molar-refractivity contribution in [2.24, 2.45) is 10.9 Å². The molecule has 1 saturated heterocycles. The van der Waals surface area contributed by atoms with Crippen LogP contribution in [0, 0.1) is 5.92 Å². The van der Waals surface area contributed by atoms with Gasteiger partial charge in [-0.15, -0.1) is 0 Å². The summed E-state index contributed by atoms with van der Waals surface area (Å²) in [5, 5.41) is 9.86. The van der Waals surface area contributed by atoms with Crippen LogP contribution in [-0.2, 0) is 11.3 Å². The second-order valence-corrected chi connectivity index (χ2v) is 9.47. The number of rotatable bonds is 7. The number of carbonyl (C=O) groups excluding carboxylic acids is 1. The highest BCUT2D eigenvalue weighted by atomic mass is 16.6. The Labute approximate surface area is 187 Å². The number of carbonyl (C=O) groups is 1. The Morgan fingerprint density at radius 2 is 2.00 bits per heavy atom. The van der Waals surface area contributed by atoms with E-state index in [4.69, 9.17) is 4.74 Å². The quantitative estimate of drug-likeness (QED) is 0.453. The summed E-state index contributed by atoms with van der Waals surface area (Å²) in [7, 11) is 1.78. The van der Waals surface area contributed by atoms with Crippen molar-refractivity contribution >= 4 is 12.1 Å². The summed E-state index contributed by atoms with van der Waals surface area (Å²) in [5.41, 5.74) is 0.603. The first-order chi connectivity index (χ1) is 14.7. The van der Waals surface area contributed by atoms with Crippen molar-refractivity contribution in [2.75, 3.05) is 26.7 Å². The first-order valence-electron chi connectivity index (χ1n) is 11.2. The number of nitrogens with zero attached hydrogens (tertiary/aromatic N) is 3. The molecule has 0 spiro atoms. The fraction of sp³-hybridized carbons (Fsp3) is 0.696.